The second-order valence-electron chi connectivity index (χ2n) is 3.32. The van der Waals surface area contributed by atoms with Crippen LogP contribution < -0.4 is 0 Å². The number of Topliss-reactive ketones (excluding diaryl/α,β-unsaturated/α-hetero) is 1. The standard InChI is InChI=1S/C10H8FIO/c1-6-3-2-4-7-5-10(11,12)9(13)8(6)7/h2-4H,5H2,1H3. The Bertz CT molecular complexity index is 385. The third-order valence-electron chi connectivity index (χ3n) is 2.33. The molecule has 1 aromatic carbocycles. The number of hydrogen-bond donors (Lipinski definition) is 0. The average Bonchev–Trinajstić information content (AvgIpc) is 2.24. The number of alkyl halides is 2. The third-order valence-corrected chi connectivity index (χ3v) is 3.20. The molecule has 0 heterocycles. The number of halogens is 2. The van der Waals surface area contributed by atoms with Crippen molar-refractivity contribution in [3.8, 4) is 0 Å². The highest BCUT2D eigenvalue weighted by Crippen LogP contribution is 2.39. The number of ketones is 1. The van der Waals surface area contributed by atoms with E-state index >= 15 is 0 Å². The van der Waals surface area contributed by atoms with Crippen molar-refractivity contribution in [2.45, 2.75) is 17.0 Å². The van der Waals surface area contributed by atoms with Crippen molar-refractivity contribution in [3.05, 3.63) is 34.9 Å². The van der Waals surface area contributed by atoms with E-state index in [2.05, 4.69) is 0 Å². The summed E-state index contributed by atoms with van der Waals surface area (Å²) in [5.74, 6) is -0.374. The van der Waals surface area contributed by atoms with Crippen LogP contribution in [-0.4, -0.2) is 9.46 Å². The van der Waals surface area contributed by atoms with Gasteiger partial charge in [0, 0.05) is 12.0 Å². The fourth-order valence-electron chi connectivity index (χ4n) is 1.70. The van der Waals surface area contributed by atoms with Gasteiger partial charge in [-0.15, -0.1) is 0 Å². The third kappa shape index (κ3) is 1.29. The van der Waals surface area contributed by atoms with E-state index in [1.165, 1.54) is 0 Å². The van der Waals surface area contributed by atoms with Gasteiger partial charge in [-0.3, -0.25) is 4.79 Å². The first-order valence-electron chi connectivity index (χ1n) is 4.03. The van der Waals surface area contributed by atoms with Crippen LogP contribution in [0.25, 0.3) is 0 Å². The predicted octanol–water partition coefficient (Wildman–Crippen LogP) is 2.83. The quantitative estimate of drug-likeness (QED) is 0.530. The zero-order valence-corrected chi connectivity index (χ0v) is 9.26. The summed E-state index contributed by atoms with van der Waals surface area (Å²) in [6.07, 6.45) is 0.212. The molecule has 2 rings (SSSR count). The SMILES string of the molecule is Cc1cccc2c1C(=O)C(F)(I)C2. The van der Waals surface area contributed by atoms with E-state index in [1.807, 2.05) is 25.1 Å². The van der Waals surface area contributed by atoms with Crippen molar-refractivity contribution < 1.29 is 9.18 Å². The van der Waals surface area contributed by atoms with Crippen molar-refractivity contribution >= 4 is 28.4 Å². The Kier molecular flexibility index (Phi) is 1.94. The van der Waals surface area contributed by atoms with Gasteiger partial charge in [-0.25, -0.2) is 4.39 Å². The van der Waals surface area contributed by atoms with Crippen LogP contribution in [0, 0.1) is 6.92 Å². The molecule has 0 saturated carbocycles. The van der Waals surface area contributed by atoms with Crippen molar-refractivity contribution in [1.82, 2.24) is 0 Å². The first-order valence-corrected chi connectivity index (χ1v) is 5.11. The normalized spacial score (nSPS) is 26.2. The highest BCUT2D eigenvalue weighted by Gasteiger charge is 2.44. The van der Waals surface area contributed by atoms with E-state index in [0.717, 1.165) is 11.1 Å². The van der Waals surface area contributed by atoms with Crippen LogP contribution in [0.4, 0.5) is 4.39 Å². The van der Waals surface area contributed by atoms with E-state index in [4.69, 9.17) is 0 Å². The summed E-state index contributed by atoms with van der Waals surface area (Å²) < 4.78 is 11.9. The van der Waals surface area contributed by atoms with Crippen molar-refractivity contribution in [2.24, 2.45) is 0 Å². The van der Waals surface area contributed by atoms with Gasteiger partial charge < -0.3 is 0 Å². The van der Waals surface area contributed by atoms with Gasteiger partial charge in [0.05, 0.1) is 0 Å². The number of aryl methyl sites for hydroxylation is 1. The molecule has 0 N–H and O–H groups in total. The first kappa shape index (κ1) is 9.12. The minimum absolute atomic E-state index is 0.212. The average molecular weight is 290 g/mol. The molecule has 1 unspecified atom stereocenters. The van der Waals surface area contributed by atoms with Crippen LogP contribution in [0.15, 0.2) is 18.2 Å². The number of benzene rings is 1. The molecule has 0 amide bonds. The monoisotopic (exact) mass is 290 g/mol. The lowest BCUT2D eigenvalue weighted by Gasteiger charge is -2.06. The lowest BCUT2D eigenvalue weighted by atomic mass is 10.0. The Balaban J connectivity index is 2.64. The molecular formula is C10H8FIO. The fraction of sp³-hybridized carbons (Fsp3) is 0.300. The Morgan fingerprint density at radius 1 is 1.54 bits per heavy atom. The molecule has 3 heteroatoms. The topological polar surface area (TPSA) is 17.1 Å². The molecule has 0 radical (unpaired) electrons. The molecule has 13 heavy (non-hydrogen) atoms. The van der Waals surface area contributed by atoms with Crippen molar-refractivity contribution in [3.63, 3.8) is 0 Å². The van der Waals surface area contributed by atoms with Crippen LogP contribution in [0.2, 0.25) is 0 Å². The van der Waals surface area contributed by atoms with Gasteiger partial charge in [0.25, 0.3) is 0 Å². The number of fused-ring (bicyclic) bond motifs is 1. The number of carbonyl (C=O) groups is 1. The summed E-state index contributed by atoms with van der Waals surface area (Å²) in [7, 11) is 0. The van der Waals surface area contributed by atoms with E-state index in [-0.39, 0.29) is 12.2 Å². The van der Waals surface area contributed by atoms with Gasteiger partial charge in [0.2, 0.25) is 9.46 Å². The van der Waals surface area contributed by atoms with Gasteiger partial charge >= 0.3 is 0 Å². The Hall–Kier alpha value is -0.450. The van der Waals surface area contributed by atoms with Gasteiger partial charge in [-0.05, 0) is 40.6 Å². The van der Waals surface area contributed by atoms with E-state index in [0.29, 0.717) is 5.56 Å². The van der Waals surface area contributed by atoms with Crippen molar-refractivity contribution in [2.75, 3.05) is 0 Å². The number of carbonyl (C=O) groups excluding carboxylic acids is 1. The molecule has 0 saturated heterocycles. The molecule has 0 aromatic heterocycles. The second kappa shape index (κ2) is 2.77. The number of hydrogen-bond acceptors (Lipinski definition) is 1. The fourth-order valence-corrected chi connectivity index (χ4v) is 2.38. The molecule has 0 fully saturated rings. The van der Waals surface area contributed by atoms with Crippen LogP contribution in [0.5, 0.6) is 0 Å². The highest BCUT2D eigenvalue weighted by atomic mass is 127. The predicted molar refractivity (Wildman–Crippen MR) is 57.1 cm³/mol. The maximum absolute atomic E-state index is 13.6. The lowest BCUT2D eigenvalue weighted by Crippen LogP contribution is -2.21. The second-order valence-corrected chi connectivity index (χ2v) is 5.03. The summed E-state index contributed by atoms with van der Waals surface area (Å²) in [4.78, 5) is 11.6. The Morgan fingerprint density at radius 3 is 2.85 bits per heavy atom. The lowest BCUT2D eigenvalue weighted by molar-refractivity contribution is 0.0882. The molecule has 0 bridgehead atoms. The van der Waals surface area contributed by atoms with Gasteiger partial charge in [-0.1, -0.05) is 18.2 Å². The zero-order valence-electron chi connectivity index (χ0n) is 7.10. The van der Waals surface area contributed by atoms with Gasteiger partial charge in [-0.2, -0.15) is 0 Å². The molecule has 68 valence electrons. The summed E-state index contributed by atoms with van der Waals surface area (Å²) >= 11 is 1.59. The summed E-state index contributed by atoms with van der Waals surface area (Å²) in [5.41, 5.74) is 2.29. The maximum Gasteiger partial charge on any atom is 0.227 e. The van der Waals surface area contributed by atoms with E-state index < -0.39 is 3.68 Å². The summed E-state index contributed by atoms with van der Waals surface area (Å²) in [5, 5.41) is 0. The molecule has 0 aliphatic heterocycles. The molecule has 1 atom stereocenters. The molecule has 1 aromatic rings. The molecule has 1 aliphatic carbocycles. The molecule has 1 aliphatic rings. The van der Waals surface area contributed by atoms with Crippen LogP contribution >= 0.6 is 22.6 Å². The maximum atomic E-state index is 13.6. The summed E-state index contributed by atoms with van der Waals surface area (Å²) in [6.45, 7) is 1.84. The van der Waals surface area contributed by atoms with E-state index in [1.54, 1.807) is 22.6 Å². The highest BCUT2D eigenvalue weighted by molar-refractivity contribution is 14.1. The smallest absolute Gasteiger partial charge is 0.227 e. The van der Waals surface area contributed by atoms with Crippen molar-refractivity contribution in [1.29, 1.82) is 0 Å². The van der Waals surface area contributed by atoms with Gasteiger partial charge in [0.1, 0.15) is 0 Å². The zero-order chi connectivity index (χ0) is 9.64. The largest absolute Gasteiger partial charge is 0.290 e. The minimum Gasteiger partial charge on any atom is -0.290 e. The molecular weight excluding hydrogens is 282 g/mol. The molecule has 0 spiro atoms. The first-order chi connectivity index (χ1) is 6.02. The summed E-state index contributed by atoms with van der Waals surface area (Å²) in [6, 6.07) is 5.52. The van der Waals surface area contributed by atoms with Crippen LogP contribution in [0.1, 0.15) is 21.5 Å². The molecule has 1 nitrogen and oxygen atoms in total. The van der Waals surface area contributed by atoms with Gasteiger partial charge in [0.15, 0.2) is 0 Å². The number of rotatable bonds is 0. The Morgan fingerprint density at radius 2 is 2.23 bits per heavy atom. The minimum atomic E-state index is -1.72. The van der Waals surface area contributed by atoms with Crippen LogP contribution in [-0.2, 0) is 6.42 Å². The van der Waals surface area contributed by atoms with Crippen LogP contribution in [0.3, 0.4) is 0 Å². The Labute approximate surface area is 89.5 Å². The van der Waals surface area contributed by atoms with E-state index in [9.17, 15) is 9.18 Å².